The minimum atomic E-state index is -0.274. The van der Waals surface area contributed by atoms with Gasteiger partial charge in [-0.05, 0) is 25.1 Å². The molecule has 0 fully saturated rings. The van der Waals surface area contributed by atoms with E-state index in [-0.39, 0.29) is 5.91 Å². The summed E-state index contributed by atoms with van der Waals surface area (Å²) in [4.78, 5) is 12.3. The Bertz CT molecular complexity index is 996. The number of nitrogens with one attached hydrogen (secondary N) is 2. The van der Waals surface area contributed by atoms with Gasteiger partial charge in [-0.1, -0.05) is 18.2 Å². The zero-order chi connectivity index (χ0) is 16.5. The topological polar surface area (TPSA) is 84.1 Å². The Hall–Kier alpha value is -3.28. The fourth-order valence-corrected chi connectivity index (χ4v) is 2.64. The predicted molar refractivity (Wildman–Crippen MR) is 88.4 cm³/mol. The Balaban J connectivity index is 1.49. The molecular weight excluding hydrogens is 306 g/mol. The van der Waals surface area contributed by atoms with Crippen LogP contribution in [0.5, 0.6) is 0 Å². The molecule has 3 heterocycles. The van der Waals surface area contributed by atoms with Gasteiger partial charge in [-0.3, -0.25) is 9.89 Å². The van der Waals surface area contributed by atoms with Crippen molar-refractivity contribution in [3.05, 3.63) is 65.7 Å². The first kappa shape index (κ1) is 14.3. The third kappa shape index (κ3) is 2.48. The van der Waals surface area contributed by atoms with Gasteiger partial charge < -0.3 is 14.2 Å². The van der Waals surface area contributed by atoms with Crippen LogP contribution in [0.25, 0.3) is 22.4 Å². The van der Waals surface area contributed by atoms with Crippen molar-refractivity contribution in [2.75, 3.05) is 0 Å². The number of hydrogen-bond donors (Lipinski definition) is 2. The molecule has 0 atom stereocenters. The lowest BCUT2D eigenvalue weighted by Gasteiger charge is -2.01. The summed E-state index contributed by atoms with van der Waals surface area (Å²) in [6.07, 6.45) is 1.57. The van der Waals surface area contributed by atoms with Gasteiger partial charge in [0.05, 0.1) is 12.8 Å². The Morgan fingerprint density at radius 3 is 2.92 bits per heavy atom. The molecule has 0 unspecified atom stereocenters. The van der Waals surface area contributed by atoms with Crippen LogP contribution in [-0.4, -0.2) is 16.1 Å². The fourth-order valence-electron chi connectivity index (χ4n) is 2.64. The van der Waals surface area contributed by atoms with Crippen molar-refractivity contribution in [3.63, 3.8) is 0 Å². The molecule has 0 aliphatic carbocycles. The van der Waals surface area contributed by atoms with E-state index in [0.717, 1.165) is 22.3 Å². The lowest BCUT2D eigenvalue weighted by atomic mass is 10.1. The third-order valence-corrected chi connectivity index (χ3v) is 3.95. The second kappa shape index (κ2) is 5.73. The highest BCUT2D eigenvalue weighted by atomic mass is 16.3. The van der Waals surface area contributed by atoms with E-state index in [0.29, 0.717) is 23.7 Å². The van der Waals surface area contributed by atoms with Crippen molar-refractivity contribution in [3.8, 4) is 11.5 Å². The molecule has 0 aliphatic rings. The Morgan fingerprint density at radius 1 is 1.25 bits per heavy atom. The molecule has 0 radical (unpaired) electrons. The van der Waals surface area contributed by atoms with Crippen molar-refractivity contribution in [2.45, 2.75) is 13.5 Å². The van der Waals surface area contributed by atoms with Gasteiger partial charge in [0.2, 0.25) is 0 Å². The predicted octanol–water partition coefficient (Wildman–Crippen LogP) is 3.65. The van der Waals surface area contributed by atoms with Gasteiger partial charge >= 0.3 is 0 Å². The number of nitrogens with zero attached hydrogens (tertiary/aromatic N) is 1. The van der Waals surface area contributed by atoms with Gasteiger partial charge in [0.25, 0.3) is 5.91 Å². The molecule has 120 valence electrons. The number of aromatic nitrogens is 2. The highest BCUT2D eigenvalue weighted by Gasteiger charge is 2.15. The van der Waals surface area contributed by atoms with Crippen LogP contribution < -0.4 is 5.32 Å². The number of aromatic amines is 1. The molecule has 1 amide bonds. The number of fused-ring (bicyclic) bond motifs is 1. The lowest BCUT2D eigenvalue weighted by molar-refractivity contribution is 0.0943. The fraction of sp³-hybridized carbons (Fsp3) is 0.111. The van der Waals surface area contributed by atoms with Crippen molar-refractivity contribution in [1.29, 1.82) is 0 Å². The van der Waals surface area contributed by atoms with E-state index >= 15 is 0 Å². The standard InChI is InChI=1S/C18H15N3O3/c1-11-12-5-2-3-6-15(12)24-17(11)10-19-18(22)14-9-13(20-21-14)16-7-4-8-23-16/h2-9H,10H2,1H3,(H,19,22)(H,20,21). The number of rotatable bonds is 4. The quantitative estimate of drug-likeness (QED) is 0.601. The molecule has 0 saturated carbocycles. The molecule has 0 saturated heterocycles. The Morgan fingerprint density at radius 2 is 2.12 bits per heavy atom. The minimum absolute atomic E-state index is 0.274. The first-order chi connectivity index (χ1) is 11.7. The zero-order valence-corrected chi connectivity index (χ0v) is 13.0. The number of para-hydroxylation sites is 1. The minimum Gasteiger partial charge on any atom is -0.463 e. The number of amides is 1. The first-order valence-electron chi connectivity index (χ1n) is 7.57. The summed E-state index contributed by atoms with van der Waals surface area (Å²) in [5.41, 5.74) is 2.81. The van der Waals surface area contributed by atoms with Gasteiger partial charge in [-0.25, -0.2) is 0 Å². The average molecular weight is 321 g/mol. The molecule has 0 spiro atoms. The molecule has 4 rings (SSSR count). The van der Waals surface area contributed by atoms with E-state index in [9.17, 15) is 4.79 Å². The van der Waals surface area contributed by atoms with E-state index in [4.69, 9.17) is 8.83 Å². The number of furan rings is 2. The van der Waals surface area contributed by atoms with E-state index in [1.807, 2.05) is 31.2 Å². The Kier molecular flexibility index (Phi) is 3.42. The van der Waals surface area contributed by atoms with Gasteiger partial charge in [-0.2, -0.15) is 5.10 Å². The van der Waals surface area contributed by atoms with Gasteiger partial charge in [0.1, 0.15) is 17.0 Å². The van der Waals surface area contributed by atoms with Crippen LogP contribution in [0.3, 0.4) is 0 Å². The lowest BCUT2D eigenvalue weighted by Crippen LogP contribution is -2.23. The SMILES string of the molecule is Cc1c(CNC(=O)c2cc(-c3ccco3)[nH]n2)oc2ccccc12. The maximum atomic E-state index is 12.3. The number of benzene rings is 1. The molecule has 4 aromatic rings. The summed E-state index contributed by atoms with van der Waals surface area (Å²) < 4.78 is 11.1. The average Bonchev–Trinajstić information content (AvgIpc) is 3.33. The summed E-state index contributed by atoms with van der Waals surface area (Å²) in [5, 5.41) is 10.7. The van der Waals surface area contributed by atoms with Gasteiger partial charge in [0.15, 0.2) is 11.5 Å². The van der Waals surface area contributed by atoms with Crippen LogP contribution in [0.1, 0.15) is 21.8 Å². The zero-order valence-electron chi connectivity index (χ0n) is 13.0. The van der Waals surface area contributed by atoms with Gasteiger partial charge in [-0.15, -0.1) is 0 Å². The summed E-state index contributed by atoms with van der Waals surface area (Å²) in [6.45, 7) is 2.29. The van der Waals surface area contributed by atoms with Crippen molar-refractivity contribution in [2.24, 2.45) is 0 Å². The van der Waals surface area contributed by atoms with E-state index in [1.165, 1.54) is 0 Å². The maximum absolute atomic E-state index is 12.3. The molecule has 24 heavy (non-hydrogen) atoms. The van der Waals surface area contributed by atoms with Crippen LogP contribution in [0.15, 0.2) is 57.6 Å². The number of hydrogen-bond acceptors (Lipinski definition) is 4. The number of carbonyl (C=O) groups is 1. The van der Waals surface area contributed by atoms with E-state index in [2.05, 4.69) is 15.5 Å². The van der Waals surface area contributed by atoms with Crippen LogP contribution in [0.4, 0.5) is 0 Å². The summed E-state index contributed by atoms with van der Waals surface area (Å²) in [7, 11) is 0. The van der Waals surface area contributed by atoms with Crippen LogP contribution in [0.2, 0.25) is 0 Å². The molecule has 2 N–H and O–H groups in total. The first-order valence-corrected chi connectivity index (χ1v) is 7.57. The summed E-state index contributed by atoms with van der Waals surface area (Å²) in [6, 6.07) is 13.0. The Labute approximate surface area is 137 Å². The second-order valence-corrected chi connectivity index (χ2v) is 5.47. The van der Waals surface area contributed by atoms with Crippen LogP contribution in [0, 0.1) is 6.92 Å². The van der Waals surface area contributed by atoms with Crippen molar-refractivity contribution in [1.82, 2.24) is 15.5 Å². The number of aryl methyl sites for hydroxylation is 1. The van der Waals surface area contributed by atoms with Gasteiger partial charge in [0, 0.05) is 17.0 Å². The molecule has 0 bridgehead atoms. The van der Waals surface area contributed by atoms with E-state index in [1.54, 1.807) is 24.5 Å². The highest BCUT2D eigenvalue weighted by molar-refractivity contribution is 5.93. The largest absolute Gasteiger partial charge is 0.463 e. The molecule has 1 aromatic carbocycles. The molecule has 6 nitrogen and oxygen atoms in total. The van der Waals surface area contributed by atoms with Crippen molar-refractivity contribution < 1.29 is 13.6 Å². The normalized spacial score (nSPS) is 11.0. The summed E-state index contributed by atoms with van der Waals surface area (Å²) in [5.74, 6) is 1.10. The molecule has 6 heteroatoms. The highest BCUT2D eigenvalue weighted by Crippen LogP contribution is 2.24. The molecule has 3 aromatic heterocycles. The smallest absolute Gasteiger partial charge is 0.272 e. The maximum Gasteiger partial charge on any atom is 0.272 e. The number of carbonyl (C=O) groups excluding carboxylic acids is 1. The van der Waals surface area contributed by atoms with E-state index < -0.39 is 0 Å². The van der Waals surface area contributed by atoms with Crippen LogP contribution in [-0.2, 0) is 6.54 Å². The van der Waals surface area contributed by atoms with Crippen molar-refractivity contribution >= 4 is 16.9 Å². The summed E-state index contributed by atoms with van der Waals surface area (Å²) >= 11 is 0. The number of H-pyrrole nitrogens is 1. The van der Waals surface area contributed by atoms with Crippen LogP contribution >= 0.6 is 0 Å². The monoisotopic (exact) mass is 321 g/mol. The third-order valence-electron chi connectivity index (χ3n) is 3.95. The molecular formula is C18H15N3O3. The second-order valence-electron chi connectivity index (χ2n) is 5.47. The molecule has 0 aliphatic heterocycles.